The first-order chi connectivity index (χ1) is 15.8. The summed E-state index contributed by atoms with van der Waals surface area (Å²) in [6, 6.07) is 12.8. The summed E-state index contributed by atoms with van der Waals surface area (Å²) in [4.78, 5) is 51.1. The average molecular weight is 449 g/mol. The van der Waals surface area contributed by atoms with Gasteiger partial charge in [-0.05, 0) is 49.4 Å². The standard InChI is InChI=1S/C27H32N2O4/c1-4-5-23(31)11-13-25(19(3)30)29-17-22-14-21(10-12-24(22)27(29)33)15-26(32)28-16-20-8-6-18(2)7-9-20/h6-10,12,14,25H,4-5,11,13,15-17H2,1-3H3,(H,28,32). The van der Waals surface area contributed by atoms with Gasteiger partial charge in [-0.2, -0.15) is 0 Å². The van der Waals surface area contributed by atoms with Crippen molar-refractivity contribution in [1.29, 1.82) is 0 Å². The minimum atomic E-state index is -0.605. The highest BCUT2D eigenvalue weighted by Gasteiger charge is 2.35. The topological polar surface area (TPSA) is 83.6 Å². The molecule has 0 radical (unpaired) electrons. The first-order valence-electron chi connectivity index (χ1n) is 11.6. The monoisotopic (exact) mass is 448 g/mol. The van der Waals surface area contributed by atoms with Gasteiger partial charge in [-0.25, -0.2) is 0 Å². The van der Waals surface area contributed by atoms with Crippen molar-refractivity contribution in [3.8, 4) is 0 Å². The Kier molecular flexibility index (Phi) is 8.15. The third-order valence-corrected chi connectivity index (χ3v) is 6.05. The molecule has 1 unspecified atom stereocenters. The van der Waals surface area contributed by atoms with Crippen molar-refractivity contribution < 1.29 is 19.2 Å². The van der Waals surface area contributed by atoms with Crippen LogP contribution in [-0.4, -0.2) is 34.3 Å². The first-order valence-corrected chi connectivity index (χ1v) is 11.6. The predicted octanol–water partition coefficient (Wildman–Crippen LogP) is 3.92. The van der Waals surface area contributed by atoms with Gasteiger partial charge in [0, 0.05) is 31.5 Å². The summed E-state index contributed by atoms with van der Waals surface area (Å²) in [6.07, 6.45) is 2.13. The van der Waals surface area contributed by atoms with Gasteiger partial charge in [0.1, 0.15) is 5.78 Å². The predicted molar refractivity (Wildman–Crippen MR) is 127 cm³/mol. The highest BCUT2D eigenvalue weighted by Crippen LogP contribution is 2.28. The number of aryl methyl sites for hydroxylation is 1. The Morgan fingerprint density at radius 3 is 2.39 bits per heavy atom. The summed E-state index contributed by atoms with van der Waals surface area (Å²) < 4.78 is 0. The van der Waals surface area contributed by atoms with Crippen LogP contribution >= 0.6 is 0 Å². The fraction of sp³-hybridized carbons (Fsp3) is 0.407. The summed E-state index contributed by atoms with van der Waals surface area (Å²) in [5.74, 6) is -0.278. The van der Waals surface area contributed by atoms with Crippen LogP contribution in [0.1, 0.15) is 72.1 Å². The van der Waals surface area contributed by atoms with Crippen molar-refractivity contribution in [2.24, 2.45) is 0 Å². The first kappa shape index (κ1) is 24.4. The number of nitrogens with one attached hydrogen (secondary N) is 1. The largest absolute Gasteiger partial charge is 0.352 e. The van der Waals surface area contributed by atoms with Crippen LogP contribution < -0.4 is 5.32 Å². The smallest absolute Gasteiger partial charge is 0.255 e. The Hall–Kier alpha value is -3.28. The molecule has 1 aliphatic heterocycles. The van der Waals surface area contributed by atoms with Crippen molar-refractivity contribution in [2.75, 3.05) is 0 Å². The van der Waals surface area contributed by atoms with E-state index in [-0.39, 0.29) is 29.8 Å². The van der Waals surface area contributed by atoms with Crippen LogP contribution in [0.4, 0.5) is 0 Å². The van der Waals surface area contributed by atoms with Gasteiger partial charge in [0.15, 0.2) is 5.78 Å². The van der Waals surface area contributed by atoms with E-state index in [9.17, 15) is 19.2 Å². The molecular weight excluding hydrogens is 416 g/mol. The lowest BCUT2D eigenvalue weighted by atomic mass is 10.0. The molecule has 0 spiro atoms. The maximum Gasteiger partial charge on any atom is 0.255 e. The summed E-state index contributed by atoms with van der Waals surface area (Å²) in [5.41, 5.74) is 4.41. The molecule has 2 aromatic rings. The van der Waals surface area contributed by atoms with Crippen LogP contribution in [0.15, 0.2) is 42.5 Å². The van der Waals surface area contributed by atoms with Crippen molar-refractivity contribution >= 4 is 23.4 Å². The van der Waals surface area contributed by atoms with Crippen LogP contribution in [0.2, 0.25) is 0 Å². The Labute approximate surface area is 195 Å². The van der Waals surface area contributed by atoms with Crippen molar-refractivity contribution in [3.05, 3.63) is 70.3 Å². The number of ketones is 2. The number of hydrogen-bond acceptors (Lipinski definition) is 4. The molecule has 3 rings (SSSR count). The second-order valence-corrected chi connectivity index (χ2v) is 8.82. The lowest BCUT2D eigenvalue weighted by Crippen LogP contribution is -2.40. The van der Waals surface area contributed by atoms with E-state index < -0.39 is 6.04 Å². The molecule has 33 heavy (non-hydrogen) atoms. The minimum Gasteiger partial charge on any atom is -0.352 e. The summed E-state index contributed by atoms with van der Waals surface area (Å²) in [7, 11) is 0. The molecule has 0 bridgehead atoms. The van der Waals surface area contributed by atoms with E-state index in [1.165, 1.54) is 12.5 Å². The number of Topliss-reactive ketones (excluding diaryl/α,β-unsaturated/α-hetero) is 2. The molecule has 0 fully saturated rings. The van der Waals surface area contributed by atoms with Gasteiger partial charge in [0.05, 0.1) is 12.5 Å². The van der Waals surface area contributed by atoms with E-state index >= 15 is 0 Å². The molecular formula is C27H32N2O4. The number of hydrogen-bond donors (Lipinski definition) is 1. The van der Waals surface area contributed by atoms with Crippen molar-refractivity contribution in [3.63, 3.8) is 0 Å². The van der Waals surface area contributed by atoms with E-state index in [4.69, 9.17) is 0 Å². The number of benzene rings is 2. The molecule has 6 heteroatoms. The van der Waals surface area contributed by atoms with E-state index in [0.717, 1.165) is 23.1 Å². The second kappa shape index (κ2) is 11.0. The zero-order valence-electron chi connectivity index (χ0n) is 19.6. The quantitative estimate of drug-likeness (QED) is 0.565. The van der Waals surface area contributed by atoms with Gasteiger partial charge in [0.25, 0.3) is 5.91 Å². The number of amides is 2. The molecule has 1 atom stereocenters. The molecule has 2 aromatic carbocycles. The number of carbonyl (C=O) groups excluding carboxylic acids is 4. The van der Waals surface area contributed by atoms with Gasteiger partial charge in [-0.15, -0.1) is 0 Å². The van der Waals surface area contributed by atoms with Crippen molar-refractivity contribution in [1.82, 2.24) is 10.2 Å². The lowest BCUT2D eigenvalue weighted by Gasteiger charge is -2.25. The van der Waals surface area contributed by atoms with Crippen LogP contribution in [0, 0.1) is 6.92 Å². The molecule has 0 aromatic heterocycles. The molecule has 1 aliphatic rings. The Morgan fingerprint density at radius 1 is 1.03 bits per heavy atom. The van der Waals surface area contributed by atoms with Crippen LogP contribution in [0.3, 0.4) is 0 Å². The average Bonchev–Trinajstić information content (AvgIpc) is 3.09. The number of fused-ring (bicyclic) bond motifs is 1. The number of nitrogens with zero attached hydrogens (tertiary/aromatic N) is 1. The third kappa shape index (κ3) is 6.37. The maximum atomic E-state index is 12.9. The zero-order valence-corrected chi connectivity index (χ0v) is 19.6. The maximum absolute atomic E-state index is 12.9. The molecule has 0 saturated carbocycles. The fourth-order valence-electron chi connectivity index (χ4n) is 4.19. The zero-order chi connectivity index (χ0) is 24.0. The van der Waals surface area contributed by atoms with E-state index in [2.05, 4.69) is 5.32 Å². The van der Waals surface area contributed by atoms with Crippen LogP contribution in [0.25, 0.3) is 0 Å². The Bertz CT molecular complexity index is 1040. The number of carbonyl (C=O) groups is 4. The van der Waals surface area contributed by atoms with Crippen molar-refractivity contribution in [2.45, 2.75) is 72.0 Å². The highest BCUT2D eigenvalue weighted by molar-refractivity contribution is 6.01. The van der Waals surface area contributed by atoms with Gasteiger partial charge in [-0.1, -0.05) is 48.9 Å². The normalized spacial score (nSPS) is 13.5. The molecule has 0 aliphatic carbocycles. The van der Waals surface area contributed by atoms with Crippen LogP contribution in [0.5, 0.6) is 0 Å². The Balaban J connectivity index is 1.62. The van der Waals surface area contributed by atoms with Gasteiger partial charge in [0.2, 0.25) is 5.91 Å². The van der Waals surface area contributed by atoms with Gasteiger partial charge >= 0.3 is 0 Å². The SMILES string of the molecule is CCCC(=O)CCC(C(C)=O)N1Cc2cc(CC(=O)NCc3ccc(C)cc3)ccc2C1=O. The molecule has 2 amide bonds. The summed E-state index contributed by atoms with van der Waals surface area (Å²) in [5, 5.41) is 2.93. The molecule has 6 nitrogen and oxygen atoms in total. The molecule has 174 valence electrons. The van der Waals surface area contributed by atoms with E-state index in [0.29, 0.717) is 37.9 Å². The second-order valence-electron chi connectivity index (χ2n) is 8.82. The lowest BCUT2D eigenvalue weighted by molar-refractivity contribution is -0.123. The Morgan fingerprint density at radius 2 is 1.73 bits per heavy atom. The minimum absolute atomic E-state index is 0.0900. The molecule has 1 heterocycles. The van der Waals surface area contributed by atoms with Crippen LogP contribution in [-0.2, 0) is 33.9 Å². The fourth-order valence-corrected chi connectivity index (χ4v) is 4.19. The third-order valence-electron chi connectivity index (χ3n) is 6.05. The molecule has 0 saturated heterocycles. The van der Waals surface area contributed by atoms with Gasteiger partial charge in [-0.3, -0.25) is 19.2 Å². The summed E-state index contributed by atoms with van der Waals surface area (Å²) in [6.45, 7) is 6.22. The molecule has 1 N–H and O–H groups in total. The summed E-state index contributed by atoms with van der Waals surface area (Å²) >= 11 is 0. The number of rotatable bonds is 11. The van der Waals surface area contributed by atoms with E-state index in [1.54, 1.807) is 17.0 Å². The van der Waals surface area contributed by atoms with Gasteiger partial charge < -0.3 is 10.2 Å². The van der Waals surface area contributed by atoms with E-state index in [1.807, 2.05) is 44.2 Å². The highest BCUT2D eigenvalue weighted by atomic mass is 16.2.